The fourth-order valence-electron chi connectivity index (χ4n) is 2.24. The maximum Gasteiger partial charge on any atom is 0.416 e. The highest BCUT2D eigenvalue weighted by atomic mass is 32.2. The van der Waals surface area contributed by atoms with E-state index in [0.29, 0.717) is 17.4 Å². The average Bonchev–Trinajstić information content (AvgIpc) is 3.15. The van der Waals surface area contributed by atoms with Crippen molar-refractivity contribution in [1.29, 1.82) is 0 Å². The molecular formula is C14H15F3N2S. The van der Waals surface area contributed by atoms with Crippen molar-refractivity contribution in [1.82, 2.24) is 5.32 Å². The van der Waals surface area contributed by atoms with E-state index in [1.165, 1.54) is 25.0 Å². The van der Waals surface area contributed by atoms with Crippen LogP contribution in [-0.4, -0.2) is 17.0 Å². The van der Waals surface area contributed by atoms with Gasteiger partial charge in [-0.15, -0.1) is 0 Å². The third kappa shape index (κ3) is 3.29. The van der Waals surface area contributed by atoms with E-state index in [1.54, 1.807) is 17.8 Å². The zero-order chi connectivity index (χ0) is 14.2. The topological polar surface area (TPSA) is 24.4 Å². The summed E-state index contributed by atoms with van der Waals surface area (Å²) < 4.78 is 37.8. The molecule has 2 aliphatic rings. The lowest BCUT2D eigenvalue weighted by molar-refractivity contribution is -0.137. The predicted molar refractivity (Wildman–Crippen MR) is 74.7 cm³/mol. The van der Waals surface area contributed by atoms with Crippen LogP contribution in [0.2, 0.25) is 0 Å². The second-order valence-electron chi connectivity index (χ2n) is 5.19. The fourth-order valence-corrected chi connectivity index (χ4v) is 3.44. The third-order valence-electron chi connectivity index (χ3n) is 3.52. The lowest BCUT2D eigenvalue weighted by Crippen LogP contribution is -2.19. The number of rotatable bonds is 3. The first-order valence-electron chi connectivity index (χ1n) is 6.63. The molecule has 1 aromatic carbocycles. The first kappa shape index (κ1) is 13.8. The van der Waals surface area contributed by atoms with Gasteiger partial charge in [-0.3, -0.25) is 4.99 Å². The van der Waals surface area contributed by atoms with Crippen molar-refractivity contribution in [3.8, 4) is 0 Å². The molecule has 0 spiro atoms. The molecule has 0 aromatic heterocycles. The molecule has 1 aliphatic heterocycles. The van der Waals surface area contributed by atoms with Gasteiger partial charge in [-0.2, -0.15) is 13.2 Å². The Kier molecular flexibility index (Phi) is 3.67. The van der Waals surface area contributed by atoms with E-state index >= 15 is 0 Å². The summed E-state index contributed by atoms with van der Waals surface area (Å²) >= 11 is 1.73. The molecule has 0 saturated heterocycles. The number of alkyl halides is 3. The lowest BCUT2D eigenvalue weighted by Gasteiger charge is -2.10. The lowest BCUT2D eigenvalue weighted by atomic mass is 10.1. The Bertz CT molecular complexity index is 523. The number of amidine groups is 1. The minimum Gasteiger partial charge on any atom is -0.361 e. The molecule has 20 heavy (non-hydrogen) atoms. The van der Waals surface area contributed by atoms with E-state index in [-0.39, 0.29) is 0 Å². The molecule has 1 aliphatic carbocycles. The van der Waals surface area contributed by atoms with Crippen molar-refractivity contribution in [3.05, 3.63) is 35.4 Å². The summed E-state index contributed by atoms with van der Waals surface area (Å²) in [6.07, 6.45) is -1.71. The number of aliphatic imine (C=N–C) groups is 1. The number of hydrogen-bond acceptors (Lipinski definition) is 3. The van der Waals surface area contributed by atoms with Crippen LogP contribution >= 0.6 is 11.8 Å². The molecule has 6 heteroatoms. The van der Waals surface area contributed by atoms with Crippen LogP contribution in [0.1, 0.15) is 24.0 Å². The predicted octanol–water partition coefficient (Wildman–Crippen LogP) is 3.68. The van der Waals surface area contributed by atoms with Crippen molar-refractivity contribution in [3.63, 3.8) is 0 Å². The summed E-state index contributed by atoms with van der Waals surface area (Å²) in [6, 6.07) is 5.41. The number of thioether (sulfide) groups is 1. The molecular weight excluding hydrogens is 285 g/mol. The van der Waals surface area contributed by atoms with Gasteiger partial charge in [-0.1, -0.05) is 23.9 Å². The van der Waals surface area contributed by atoms with Crippen LogP contribution in [0.4, 0.5) is 13.2 Å². The first-order valence-corrected chi connectivity index (χ1v) is 7.51. The van der Waals surface area contributed by atoms with Crippen LogP contribution in [0, 0.1) is 5.92 Å². The molecule has 108 valence electrons. The molecule has 1 unspecified atom stereocenters. The van der Waals surface area contributed by atoms with E-state index in [4.69, 9.17) is 0 Å². The largest absolute Gasteiger partial charge is 0.416 e. The van der Waals surface area contributed by atoms with Gasteiger partial charge in [0.2, 0.25) is 0 Å². The van der Waals surface area contributed by atoms with Gasteiger partial charge in [0, 0.05) is 11.8 Å². The quantitative estimate of drug-likeness (QED) is 0.921. The van der Waals surface area contributed by atoms with Gasteiger partial charge in [-0.05, 0) is 36.5 Å². The highest BCUT2D eigenvalue weighted by Gasteiger charge is 2.35. The normalized spacial score (nSPS) is 22.8. The molecule has 0 amide bonds. The van der Waals surface area contributed by atoms with Crippen LogP contribution in [0.25, 0.3) is 0 Å². The summed E-state index contributed by atoms with van der Waals surface area (Å²) in [4.78, 5) is 4.41. The van der Waals surface area contributed by atoms with E-state index in [9.17, 15) is 13.2 Å². The van der Waals surface area contributed by atoms with Crippen molar-refractivity contribution < 1.29 is 13.2 Å². The second-order valence-corrected chi connectivity index (χ2v) is 6.42. The Morgan fingerprint density at radius 2 is 2.10 bits per heavy atom. The molecule has 3 rings (SSSR count). The smallest absolute Gasteiger partial charge is 0.361 e. The van der Waals surface area contributed by atoms with Gasteiger partial charge in [-0.25, -0.2) is 0 Å². The van der Waals surface area contributed by atoms with Gasteiger partial charge < -0.3 is 5.32 Å². The molecule has 1 heterocycles. The molecule has 1 saturated carbocycles. The van der Waals surface area contributed by atoms with Crippen LogP contribution in [0.15, 0.2) is 29.3 Å². The second kappa shape index (κ2) is 5.31. The SMILES string of the molecule is FC(F)(F)c1cccc(CNC2=NCC(C3CC3)S2)c1. The number of hydrogen-bond donors (Lipinski definition) is 1. The Morgan fingerprint density at radius 1 is 1.30 bits per heavy atom. The standard InChI is InChI=1S/C14H15F3N2S/c15-14(16,17)11-3-1-2-9(6-11)7-18-13-19-8-12(20-13)10-4-5-10/h1-3,6,10,12H,4-5,7-8H2,(H,18,19). The van der Waals surface area contributed by atoms with Gasteiger partial charge in [0.15, 0.2) is 5.17 Å². The van der Waals surface area contributed by atoms with Crippen LogP contribution in [-0.2, 0) is 12.7 Å². The van der Waals surface area contributed by atoms with Gasteiger partial charge >= 0.3 is 6.18 Å². The number of benzene rings is 1. The van der Waals surface area contributed by atoms with E-state index in [0.717, 1.165) is 23.7 Å². The molecule has 1 aromatic rings. The zero-order valence-corrected chi connectivity index (χ0v) is 11.6. The van der Waals surface area contributed by atoms with Gasteiger partial charge in [0.05, 0.1) is 12.1 Å². The van der Waals surface area contributed by atoms with Crippen molar-refractivity contribution in [2.45, 2.75) is 30.8 Å². The maximum atomic E-state index is 12.6. The number of halogens is 3. The monoisotopic (exact) mass is 300 g/mol. The number of nitrogens with zero attached hydrogens (tertiary/aromatic N) is 1. The van der Waals surface area contributed by atoms with Crippen molar-refractivity contribution in [2.75, 3.05) is 6.54 Å². The van der Waals surface area contributed by atoms with Crippen molar-refractivity contribution >= 4 is 16.9 Å². The fraction of sp³-hybridized carbons (Fsp3) is 0.500. The average molecular weight is 300 g/mol. The molecule has 1 N–H and O–H groups in total. The highest BCUT2D eigenvalue weighted by Crippen LogP contribution is 2.41. The Hall–Kier alpha value is -1.17. The van der Waals surface area contributed by atoms with E-state index in [2.05, 4.69) is 10.3 Å². The molecule has 1 fully saturated rings. The third-order valence-corrected chi connectivity index (χ3v) is 4.86. The van der Waals surface area contributed by atoms with Crippen LogP contribution in [0.3, 0.4) is 0 Å². The molecule has 0 bridgehead atoms. The Balaban J connectivity index is 1.56. The first-order chi connectivity index (χ1) is 9.52. The summed E-state index contributed by atoms with van der Waals surface area (Å²) in [5.74, 6) is 0.789. The van der Waals surface area contributed by atoms with Crippen LogP contribution < -0.4 is 5.32 Å². The van der Waals surface area contributed by atoms with Crippen molar-refractivity contribution in [2.24, 2.45) is 10.9 Å². The Morgan fingerprint density at radius 3 is 2.80 bits per heavy atom. The highest BCUT2D eigenvalue weighted by molar-refractivity contribution is 8.14. The summed E-state index contributed by atoms with van der Waals surface area (Å²) in [7, 11) is 0. The minimum atomic E-state index is -4.29. The van der Waals surface area contributed by atoms with Crippen LogP contribution in [0.5, 0.6) is 0 Å². The minimum absolute atomic E-state index is 0.382. The zero-order valence-electron chi connectivity index (χ0n) is 10.8. The van der Waals surface area contributed by atoms with Gasteiger partial charge in [0.1, 0.15) is 0 Å². The maximum absolute atomic E-state index is 12.6. The molecule has 2 nitrogen and oxygen atoms in total. The molecule has 1 atom stereocenters. The molecule has 0 radical (unpaired) electrons. The van der Waals surface area contributed by atoms with E-state index in [1.807, 2.05) is 0 Å². The number of nitrogens with one attached hydrogen (secondary N) is 1. The summed E-state index contributed by atoms with van der Waals surface area (Å²) in [5, 5.41) is 4.56. The summed E-state index contributed by atoms with van der Waals surface area (Å²) in [6.45, 7) is 1.22. The summed E-state index contributed by atoms with van der Waals surface area (Å²) in [5.41, 5.74) is 0.0201. The van der Waals surface area contributed by atoms with Gasteiger partial charge in [0.25, 0.3) is 0 Å². The Labute approximate surface area is 119 Å². The van der Waals surface area contributed by atoms with E-state index < -0.39 is 11.7 Å².